The fourth-order valence-corrected chi connectivity index (χ4v) is 4.13. The smallest absolute Gasteiger partial charge is 0.320 e. The molecule has 4 rings (SSSR count). The highest BCUT2D eigenvalue weighted by Crippen LogP contribution is 2.21. The second-order valence-corrected chi connectivity index (χ2v) is 7.88. The fraction of sp³-hybridized carbons (Fsp3) is 0.391. The molecule has 2 amide bonds. The Hall–Kier alpha value is -3.06. The molecule has 1 aliphatic heterocycles. The number of unbranched alkanes of at least 4 members (excludes halogenated alkanes) is 1. The normalized spacial score (nSPS) is 14.9. The fourth-order valence-electron chi connectivity index (χ4n) is 4.13. The lowest BCUT2D eigenvalue weighted by molar-refractivity contribution is 0.249. The summed E-state index contributed by atoms with van der Waals surface area (Å²) in [7, 11) is 0. The number of nitrogens with zero attached hydrogens (tertiary/aromatic N) is 5. The van der Waals surface area contributed by atoms with E-state index >= 15 is 0 Å². The van der Waals surface area contributed by atoms with E-state index in [4.69, 9.17) is 5.73 Å². The molecule has 0 atom stereocenters. The Balaban J connectivity index is 1.24. The SMILES string of the molecule is Cc1ccccc1N1CCN(CCCCN(C(N)=O)c2cc3ccccn3n2)CC1. The van der Waals surface area contributed by atoms with Gasteiger partial charge in [-0.1, -0.05) is 24.3 Å². The van der Waals surface area contributed by atoms with Crippen LogP contribution in [0.15, 0.2) is 54.7 Å². The number of anilines is 2. The number of aromatic nitrogens is 2. The van der Waals surface area contributed by atoms with Crippen molar-refractivity contribution in [3.8, 4) is 0 Å². The summed E-state index contributed by atoms with van der Waals surface area (Å²) in [5.41, 5.74) is 9.26. The number of para-hydroxylation sites is 1. The van der Waals surface area contributed by atoms with Gasteiger partial charge in [-0.2, -0.15) is 0 Å². The van der Waals surface area contributed by atoms with E-state index in [9.17, 15) is 4.79 Å². The Morgan fingerprint density at radius 1 is 1.07 bits per heavy atom. The zero-order valence-electron chi connectivity index (χ0n) is 17.6. The minimum absolute atomic E-state index is 0.453. The molecule has 0 spiro atoms. The van der Waals surface area contributed by atoms with Gasteiger partial charge in [-0.25, -0.2) is 9.31 Å². The molecule has 30 heavy (non-hydrogen) atoms. The molecule has 2 N–H and O–H groups in total. The van der Waals surface area contributed by atoms with Crippen molar-refractivity contribution in [2.45, 2.75) is 19.8 Å². The second kappa shape index (κ2) is 9.17. The third kappa shape index (κ3) is 4.57. The molecule has 7 heteroatoms. The average Bonchev–Trinajstić information content (AvgIpc) is 3.18. The molecule has 1 fully saturated rings. The molecule has 1 aromatic carbocycles. The molecule has 7 nitrogen and oxygen atoms in total. The van der Waals surface area contributed by atoms with Crippen LogP contribution in [0.5, 0.6) is 0 Å². The Bertz CT molecular complexity index is 959. The molecule has 1 saturated heterocycles. The van der Waals surface area contributed by atoms with Crippen LogP contribution in [0.25, 0.3) is 5.52 Å². The lowest BCUT2D eigenvalue weighted by Gasteiger charge is -2.36. The number of pyridine rings is 1. The van der Waals surface area contributed by atoms with E-state index in [-0.39, 0.29) is 0 Å². The molecule has 0 radical (unpaired) electrons. The van der Waals surface area contributed by atoms with Gasteiger partial charge in [0, 0.05) is 50.7 Å². The van der Waals surface area contributed by atoms with Crippen molar-refractivity contribution >= 4 is 23.1 Å². The van der Waals surface area contributed by atoms with Crippen LogP contribution in [0.3, 0.4) is 0 Å². The van der Waals surface area contributed by atoms with Gasteiger partial charge < -0.3 is 10.6 Å². The summed E-state index contributed by atoms with van der Waals surface area (Å²) in [6.45, 7) is 8.05. The Morgan fingerprint density at radius 2 is 1.83 bits per heavy atom. The maximum Gasteiger partial charge on any atom is 0.320 e. The minimum atomic E-state index is -0.453. The first kappa shape index (κ1) is 20.2. The number of nitrogens with two attached hydrogens (primary N) is 1. The van der Waals surface area contributed by atoms with E-state index in [2.05, 4.69) is 46.1 Å². The number of amides is 2. The van der Waals surface area contributed by atoms with E-state index in [1.54, 1.807) is 9.42 Å². The topological polar surface area (TPSA) is 70.1 Å². The first-order valence-corrected chi connectivity index (χ1v) is 10.7. The average molecular weight is 407 g/mol. The van der Waals surface area contributed by atoms with E-state index in [0.717, 1.165) is 51.1 Å². The highest BCUT2D eigenvalue weighted by molar-refractivity contribution is 5.90. The van der Waals surface area contributed by atoms with Gasteiger partial charge in [0.05, 0.1) is 5.52 Å². The van der Waals surface area contributed by atoms with Gasteiger partial charge in [-0.15, -0.1) is 5.10 Å². The van der Waals surface area contributed by atoms with Gasteiger partial charge in [-0.05, 0) is 50.1 Å². The molecule has 0 bridgehead atoms. The van der Waals surface area contributed by atoms with Crippen LogP contribution in [0.1, 0.15) is 18.4 Å². The predicted molar refractivity (Wildman–Crippen MR) is 121 cm³/mol. The van der Waals surface area contributed by atoms with Crippen molar-refractivity contribution in [1.82, 2.24) is 14.5 Å². The highest BCUT2D eigenvalue weighted by Gasteiger charge is 2.19. The lowest BCUT2D eigenvalue weighted by atomic mass is 10.1. The Morgan fingerprint density at radius 3 is 2.57 bits per heavy atom. The third-order valence-corrected chi connectivity index (χ3v) is 5.83. The lowest BCUT2D eigenvalue weighted by Crippen LogP contribution is -2.47. The van der Waals surface area contributed by atoms with Gasteiger partial charge in [0.2, 0.25) is 0 Å². The van der Waals surface area contributed by atoms with E-state index in [1.165, 1.54) is 11.3 Å². The summed E-state index contributed by atoms with van der Waals surface area (Å²) in [6, 6.07) is 15.9. The number of hydrogen-bond acceptors (Lipinski definition) is 4. The standard InChI is InChI=1S/C23H30N6O/c1-19-8-2-3-10-21(19)27-16-14-26(15-17-27)11-6-7-12-28(23(24)30)22-18-20-9-4-5-13-29(20)25-22/h2-5,8-10,13,18H,6-7,11-12,14-17H2,1H3,(H2,24,30). The monoisotopic (exact) mass is 406 g/mol. The van der Waals surface area contributed by atoms with Crippen LogP contribution in [0.4, 0.5) is 16.3 Å². The van der Waals surface area contributed by atoms with Crippen LogP contribution in [0.2, 0.25) is 0 Å². The quantitative estimate of drug-likeness (QED) is 0.612. The number of benzene rings is 1. The number of primary amides is 1. The summed E-state index contributed by atoms with van der Waals surface area (Å²) in [5.74, 6) is 0.612. The highest BCUT2D eigenvalue weighted by atomic mass is 16.2. The van der Waals surface area contributed by atoms with Crippen LogP contribution < -0.4 is 15.5 Å². The Labute approximate surface area is 177 Å². The van der Waals surface area contributed by atoms with Crippen LogP contribution in [-0.2, 0) is 0 Å². The molecular formula is C23H30N6O. The summed E-state index contributed by atoms with van der Waals surface area (Å²) >= 11 is 0. The van der Waals surface area contributed by atoms with Crippen molar-refractivity contribution in [2.24, 2.45) is 5.73 Å². The van der Waals surface area contributed by atoms with Gasteiger partial charge in [0.1, 0.15) is 0 Å². The summed E-state index contributed by atoms with van der Waals surface area (Å²) in [4.78, 5) is 18.5. The van der Waals surface area contributed by atoms with Crippen molar-refractivity contribution in [1.29, 1.82) is 0 Å². The number of carbonyl (C=O) groups is 1. The summed E-state index contributed by atoms with van der Waals surface area (Å²) < 4.78 is 1.76. The van der Waals surface area contributed by atoms with Crippen LogP contribution >= 0.6 is 0 Å². The number of urea groups is 1. The molecule has 3 heterocycles. The van der Waals surface area contributed by atoms with E-state index < -0.39 is 6.03 Å². The molecule has 3 aromatic rings. The van der Waals surface area contributed by atoms with Crippen LogP contribution in [0, 0.1) is 6.92 Å². The summed E-state index contributed by atoms with van der Waals surface area (Å²) in [6.07, 6.45) is 3.80. The van der Waals surface area contributed by atoms with Gasteiger partial charge in [0.25, 0.3) is 0 Å². The number of fused-ring (bicyclic) bond motifs is 1. The maximum absolute atomic E-state index is 12.0. The molecular weight excluding hydrogens is 376 g/mol. The van der Waals surface area contributed by atoms with Crippen molar-refractivity contribution in [2.75, 3.05) is 49.1 Å². The first-order chi connectivity index (χ1) is 14.6. The number of carbonyl (C=O) groups excluding carboxylic acids is 1. The molecule has 1 aliphatic rings. The molecule has 0 unspecified atom stereocenters. The van der Waals surface area contributed by atoms with Crippen molar-refractivity contribution < 1.29 is 4.79 Å². The molecule has 0 aliphatic carbocycles. The zero-order chi connectivity index (χ0) is 20.9. The predicted octanol–water partition coefficient (Wildman–Crippen LogP) is 3.13. The van der Waals surface area contributed by atoms with E-state index in [1.807, 2.05) is 30.5 Å². The Kier molecular flexibility index (Phi) is 6.18. The second-order valence-electron chi connectivity index (χ2n) is 7.88. The van der Waals surface area contributed by atoms with Gasteiger partial charge >= 0.3 is 6.03 Å². The van der Waals surface area contributed by atoms with Crippen molar-refractivity contribution in [3.05, 3.63) is 60.3 Å². The molecule has 0 saturated carbocycles. The number of aryl methyl sites for hydroxylation is 1. The number of rotatable bonds is 7. The third-order valence-electron chi connectivity index (χ3n) is 5.83. The largest absolute Gasteiger partial charge is 0.369 e. The molecule has 158 valence electrons. The first-order valence-electron chi connectivity index (χ1n) is 10.7. The zero-order valence-corrected chi connectivity index (χ0v) is 17.6. The summed E-state index contributed by atoms with van der Waals surface area (Å²) in [5, 5.41) is 4.47. The molecule has 2 aromatic heterocycles. The van der Waals surface area contributed by atoms with Gasteiger partial charge in [-0.3, -0.25) is 9.80 Å². The minimum Gasteiger partial charge on any atom is -0.369 e. The number of piperazine rings is 1. The van der Waals surface area contributed by atoms with Crippen LogP contribution in [-0.4, -0.2) is 59.8 Å². The maximum atomic E-state index is 12.0. The van der Waals surface area contributed by atoms with E-state index in [0.29, 0.717) is 12.4 Å². The van der Waals surface area contributed by atoms with Gasteiger partial charge in [0.15, 0.2) is 5.82 Å². The number of hydrogen-bond donors (Lipinski definition) is 1. The van der Waals surface area contributed by atoms with Crippen molar-refractivity contribution in [3.63, 3.8) is 0 Å².